The van der Waals surface area contributed by atoms with Crippen molar-refractivity contribution >= 4 is 17.4 Å². The average molecular weight is 547 g/mol. The molecule has 1 amide bonds. The molecule has 0 spiro atoms. The Balaban J connectivity index is 1.45. The van der Waals surface area contributed by atoms with Crippen molar-refractivity contribution in [3.8, 4) is 11.5 Å². The van der Waals surface area contributed by atoms with E-state index in [-0.39, 0.29) is 34.6 Å². The number of carbonyl (C=O) groups excluding carboxylic acids is 1. The van der Waals surface area contributed by atoms with Crippen LogP contribution in [0.1, 0.15) is 54.7 Å². The maximum Gasteiger partial charge on any atom is 0.453 e. The van der Waals surface area contributed by atoms with Crippen LogP contribution in [0.2, 0.25) is 0 Å². The van der Waals surface area contributed by atoms with Gasteiger partial charge in [0.15, 0.2) is 11.5 Å². The standard InChI is InChI=1S/C25H19F6N7O/c1-23(16-5-4-13(26)10-33-16)17-18(12-2-3-12)35-19(36-20(17)37-22(23)39)15-11-38-9-8-32-21(38)14(34-15)6-7-24(27,28)25(29,30)31/h4-5,8-12H,2-3,6-7H2,1H3,(H,35,36,37,39). The number of nitrogens with zero attached hydrogens (tertiary/aromatic N) is 6. The SMILES string of the molecule is CC1(c2ccc(F)cn2)C(=O)Nc2nc(-c3cn4ccnc4c(CCC(F)(F)C(F)(F)F)n3)nc(C3CC3)c21. The highest BCUT2D eigenvalue weighted by Gasteiger charge is 2.56. The number of imidazole rings is 1. The molecule has 2 aliphatic rings. The van der Waals surface area contributed by atoms with Crippen LogP contribution in [0.3, 0.4) is 0 Å². The fraction of sp³-hybridized carbons (Fsp3) is 0.360. The van der Waals surface area contributed by atoms with Gasteiger partial charge >= 0.3 is 12.1 Å². The van der Waals surface area contributed by atoms with E-state index in [0.717, 1.165) is 19.0 Å². The maximum absolute atomic E-state index is 13.7. The van der Waals surface area contributed by atoms with E-state index < -0.39 is 42.1 Å². The quantitative estimate of drug-likeness (QED) is 0.342. The highest BCUT2D eigenvalue weighted by Crippen LogP contribution is 2.50. The van der Waals surface area contributed by atoms with Crippen LogP contribution < -0.4 is 5.32 Å². The van der Waals surface area contributed by atoms with Crippen LogP contribution >= 0.6 is 0 Å². The van der Waals surface area contributed by atoms with Crippen molar-refractivity contribution in [3.63, 3.8) is 0 Å². The lowest BCUT2D eigenvalue weighted by Gasteiger charge is -2.23. The van der Waals surface area contributed by atoms with E-state index in [1.807, 2.05) is 0 Å². The van der Waals surface area contributed by atoms with E-state index >= 15 is 0 Å². The van der Waals surface area contributed by atoms with E-state index in [4.69, 9.17) is 4.98 Å². The van der Waals surface area contributed by atoms with E-state index in [0.29, 0.717) is 17.0 Å². The summed E-state index contributed by atoms with van der Waals surface area (Å²) >= 11 is 0. The third kappa shape index (κ3) is 4.08. The van der Waals surface area contributed by atoms with Crippen LogP contribution in [0.4, 0.5) is 32.2 Å². The molecular weight excluding hydrogens is 528 g/mol. The van der Waals surface area contributed by atoms with Crippen molar-refractivity contribution < 1.29 is 31.1 Å². The number of halogens is 6. The lowest BCUT2D eigenvalue weighted by atomic mass is 9.79. The maximum atomic E-state index is 13.7. The van der Waals surface area contributed by atoms with Gasteiger partial charge in [-0.05, 0) is 38.3 Å². The van der Waals surface area contributed by atoms with Crippen LogP contribution in [0.25, 0.3) is 17.2 Å². The summed E-state index contributed by atoms with van der Waals surface area (Å²) in [6.07, 6.45) is -0.921. The molecule has 0 bridgehead atoms. The zero-order valence-electron chi connectivity index (χ0n) is 20.2. The van der Waals surface area contributed by atoms with E-state index in [9.17, 15) is 31.1 Å². The zero-order chi connectivity index (χ0) is 27.7. The number of anilines is 1. The number of hydrogen-bond donors (Lipinski definition) is 1. The third-order valence-electron chi connectivity index (χ3n) is 7.09. The topological polar surface area (TPSA) is 98.0 Å². The largest absolute Gasteiger partial charge is 0.453 e. The number of amides is 1. The predicted octanol–water partition coefficient (Wildman–Crippen LogP) is 4.99. The number of alkyl halides is 5. The Labute approximate surface area is 216 Å². The summed E-state index contributed by atoms with van der Waals surface area (Å²) < 4.78 is 80.6. The van der Waals surface area contributed by atoms with Gasteiger partial charge in [-0.15, -0.1) is 0 Å². The molecule has 1 saturated carbocycles. The number of carbonyl (C=O) groups is 1. The highest BCUT2D eigenvalue weighted by atomic mass is 19.4. The number of aryl methyl sites for hydroxylation is 1. The molecule has 0 saturated heterocycles. The number of hydrogen-bond acceptors (Lipinski definition) is 6. The van der Waals surface area contributed by atoms with Gasteiger partial charge in [-0.2, -0.15) is 22.0 Å². The van der Waals surface area contributed by atoms with E-state index in [1.165, 1.54) is 35.1 Å². The average Bonchev–Trinajstić information content (AvgIpc) is 3.56. The highest BCUT2D eigenvalue weighted by molar-refractivity contribution is 6.07. The fourth-order valence-electron chi connectivity index (χ4n) is 4.78. The molecule has 0 aromatic carbocycles. The van der Waals surface area contributed by atoms with Gasteiger partial charge in [-0.3, -0.25) is 9.78 Å². The summed E-state index contributed by atoms with van der Waals surface area (Å²) in [5.74, 6) is -5.61. The number of fused-ring (bicyclic) bond motifs is 2. The molecule has 202 valence electrons. The van der Waals surface area contributed by atoms with Gasteiger partial charge in [0.05, 0.1) is 23.3 Å². The smallest absolute Gasteiger partial charge is 0.309 e. The van der Waals surface area contributed by atoms with Gasteiger partial charge in [0.1, 0.15) is 22.7 Å². The molecule has 1 atom stereocenters. The van der Waals surface area contributed by atoms with Crippen LogP contribution in [-0.4, -0.2) is 47.3 Å². The number of aromatic nitrogens is 6. The Bertz CT molecular complexity index is 1610. The van der Waals surface area contributed by atoms with Crippen LogP contribution in [0.15, 0.2) is 36.9 Å². The minimum absolute atomic E-state index is 0.00916. The second kappa shape index (κ2) is 8.45. The molecule has 1 aliphatic carbocycles. The molecule has 4 aromatic heterocycles. The van der Waals surface area contributed by atoms with Crippen molar-refractivity contribution in [2.75, 3.05) is 5.32 Å². The molecule has 14 heteroatoms. The molecule has 39 heavy (non-hydrogen) atoms. The first-order valence-electron chi connectivity index (χ1n) is 12.0. The van der Waals surface area contributed by atoms with Crippen LogP contribution in [-0.2, 0) is 16.6 Å². The number of rotatable bonds is 6. The summed E-state index contributed by atoms with van der Waals surface area (Å²) in [6, 6.07) is 2.63. The summed E-state index contributed by atoms with van der Waals surface area (Å²) in [4.78, 5) is 34.9. The number of pyridine rings is 1. The summed E-state index contributed by atoms with van der Waals surface area (Å²) in [6.45, 7) is 1.65. The fourth-order valence-corrected chi connectivity index (χ4v) is 4.78. The zero-order valence-corrected chi connectivity index (χ0v) is 20.2. The third-order valence-corrected chi connectivity index (χ3v) is 7.09. The van der Waals surface area contributed by atoms with Crippen molar-refractivity contribution in [3.05, 3.63) is 65.4 Å². The minimum Gasteiger partial charge on any atom is -0.309 e. The molecule has 6 rings (SSSR count). The molecule has 4 aromatic rings. The summed E-state index contributed by atoms with van der Waals surface area (Å²) in [7, 11) is 0. The first kappa shape index (κ1) is 25.2. The van der Waals surface area contributed by atoms with Gasteiger partial charge in [0.2, 0.25) is 5.91 Å². The van der Waals surface area contributed by atoms with Gasteiger partial charge in [-0.25, -0.2) is 24.3 Å². The Kier molecular flexibility index (Phi) is 5.46. The minimum atomic E-state index is -5.69. The molecule has 8 nitrogen and oxygen atoms in total. The molecule has 1 N–H and O–H groups in total. The lowest BCUT2D eigenvalue weighted by Crippen LogP contribution is -2.36. The van der Waals surface area contributed by atoms with Gasteiger partial charge in [0.25, 0.3) is 0 Å². The second-order valence-electron chi connectivity index (χ2n) is 9.80. The summed E-state index contributed by atoms with van der Waals surface area (Å²) in [5, 5.41) is 2.75. The van der Waals surface area contributed by atoms with Gasteiger partial charge < -0.3 is 9.72 Å². The summed E-state index contributed by atoms with van der Waals surface area (Å²) in [5.41, 5.74) is 0.246. The molecule has 1 fully saturated rings. The first-order chi connectivity index (χ1) is 18.4. The van der Waals surface area contributed by atoms with Crippen LogP contribution in [0.5, 0.6) is 0 Å². The monoisotopic (exact) mass is 547 g/mol. The van der Waals surface area contributed by atoms with E-state index in [2.05, 4.69) is 25.3 Å². The van der Waals surface area contributed by atoms with E-state index in [1.54, 1.807) is 6.92 Å². The Morgan fingerprint density at radius 2 is 1.87 bits per heavy atom. The van der Waals surface area contributed by atoms with Crippen molar-refractivity contribution in [1.82, 2.24) is 29.3 Å². The van der Waals surface area contributed by atoms with Gasteiger partial charge in [0, 0.05) is 36.5 Å². The molecular formula is C25H19F6N7O. The molecule has 5 heterocycles. The second-order valence-corrected chi connectivity index (χ2v) is 9.80. The molecule has 1 aliphatic heterocycles. The van der Waals surface area contributed by atoms with Crippen LogP contribution in [0, 0.1) is 5.82 Å². The predicted molar refractivity (Wildman–Crippen MR) is 125 cm³/mol. The van der Waals surface area contributed by atoms with Gasteiger partial charge in [-0.1, -0.05) is 0 Å². The first-order valence-corrected chi connectivity index (χ1v) is 12.0. The number of nitrogens with one attached hydrogen (secondary N) is 1. The van der Waals surface area contributed by atoms with Crippen molar-refractivity contribution in [2.24, 2.45) is 0 Å². The Morgan fingerprint density at radius 1 is 1.10 bits per heavy atom. The van der Waals surface area contributed by atoms with Crippen molar-refractivity contribution in [1.29, 1.82) is 0 Å². The lowest BCUT2D eigenvalue weighted by molar-refractivity contribution is -0.284. The molecule has 1 unspecified atom stereocenters. The van der Waals surface area contributed by atoms with Crippen molar-refractivity contribution in [2.45, 2.75) is 56.0 Å². The molecule has 0 radical (unpaired) electrons. The Hall–Kier alpha value is -4.10. The normalized spacial score (nSPS) is 19.4. The Morgan fingerprint density at radius 3 is 2.54 bits per heavy atom.